The second-order valence-electron chi connectivity index (χ2n) is 6.61. The molecule has 26 heavy (non-hydrogen) atoms. The molecule has 0 saturated heterocycles. The van der Waals surface area contributed by atoms with Crippen LogP contribution in [0.4, 0.5) is 5.69 Å². The smallest absolute Gasteiger partial charge is 0.287 e. The molecule has 1 aliphatic rings. The number of anilines is 1. The zero-order valence-corrected chi connectivity index (χ0v) is 15.1. The third-order valence-corrected chi connectivity index (χ3v) is 5.22. The molecule has 1 N–H and O–H groups in total. The van der Waals surface area contributed by atoms with Crippen molar-refractivity contribution in [2.75, 3.05) is 5.32 Å². The van der Waals surface area contributed by atoms with Gasteiger partial charge in [0.15, 0.2) is 0 Å². The van der Waals surface area contributed by atoms with E-state index in [1.54, 1.807) is 6.20 Å². The minimum Gasteiger partial charge on any atom is -0.376 e. The molecule has 0 bridgehead atoms. The van der Waals surface area contributed by atoms with E-state index in [1.165, 1.54) is 15.8 Å². The lowest BCUT2D eigenvalue weighted by atomic mass is 9.87. The average molecular weight is 366 g/mol. The second-order valence-corrected chi connectivity index (χ2v) is 6.99. The first kappa shape index (κ1) is 16.9. The molecule has 0 amide bonds. The molecule has 4 rings (SSSR count). The normalized spacial score (nSPS) is 16.1. The molecular weight excluding hydrogens is 346 g/mol. The number of aryl methyl sites for hydroxylation is 1. The molecule has 0 saturated carbocycles. The maximum atomic E-state index is 12.6. The van der Waals surface area contributed by atoms with Gasteiger partial charge in [-0.3, -0.25) is 4.79 Å². The van der Waals surface area contributed by atoms with Crippen LogP contribution in [0.15, 0.2) is 65.6 Å². The van der Waals surface area contributed by atoms with Crippen LogP contribution in [0, 0.1) is 0 Å². The van der Waals surface area contributed by atoms with E-state index in [4.69, 9.17) is 11.6 Å². The van der Waals surface area contributed by atoms with Crippen molar-refractivity contribution in [3.05, 3.63) is 92.9 Å². The molecule has 4 nitrogen and oxygen atoms in total. The van der Waals surface area contributed by atoms with Crippen molar-refractivity contribution in [1.82, 2.24) is 9.78 Å². The van der Waals surface area contributed by atoms with Gasteiger partial charge < -0.3 is 5.32 Å². The van der Waals surface area contributed by atoms with E-state index >= 15 is 0 Å². The van der Waals surface area contributed by atoms with Crippen molar-refractivity contribution in [1.29, 1.82) is 0 Å². The minimum absolute atomic E-state index is 0.156. The van der Waals surface area contributed by atoms with Gasteiger partial charge in [0.1, 0.15) is 5.02 Å². The van der Waals surface area contributed by atoms with Crippen LogP contribution in [-0.4, -0.2) is 9.78 Å². The molecule has 2 aromatic carbocycles. The van der Waals surface area contributed by atoms with E-state index in [0.717, 1.165) is 24.8 Å². The number of nitrogens with zero attached hydrogens (tertiary/aromatic N) is 2. The quantitative estimate of drug-likeness (QED) is 0.743. The van der Waals surface area contributed by atoms with Crippen molar-refractivity contribution in [2.45, 2.75) is 31.8 Å². The first-order valence-electron chi connectivity index (χ1n) is 8.86. The lowest BCUT2D eigenvalue weighted by Crippen LogP contribution is -2.26. The molecule has 3 aromatic rings. The Morgan fingerprint density at radius 2 is 1.88 bits per heavy atom. The van der Waals surface area contributed by atoms with Crippen LogP contribution in [0.1, 0.15) is 35.6 Å². The molecule has 1 heterocycles. The van der Waals surface area contributed by atoms with E-state index in [1.807, 2.05) is 30.3 Å². The fraction of sp³-hybridized carbons (Fsp3) is 0.238. The summed E-state index contributed by atoms with van der Waals surface area (Å²) >= 11 is 6.38. The minimum atomic E-state index is -0.274. The summed E-state index contributed by atoms with van der Waals surface area (Å²) in [6, 6.07) is 18.4. The number of benzene rings is 2. The van der Waals surface area contributed by atoms with Gasteiger partial charge in [0, 0.05) is 0 Å². The SMILES string of the molecule is O=c1c(Cl)c(NC2CCCc3ccccc32)cnn1Cc1ccccc1. The highest BCUT2D eigenvalue weighted by Crippen LogP contribution is 2.33. The van der Waals surface area contributed by atoms with Crippen LogP contribution < -0.4 is 10.9 Å². The molecule has 0 fully saturated rings. The summed E-state index contributed by atoms with van der Waals surface area (Å²) in [5, 5.41) is 7.94. The van der Waals surface area contributed by atoms with Gasteiger partial charge in [0.2, 0.25) is 0 Å². The number of hydrogen-bond acceptors (Lipinski definition) is 3. The Morgan fingerprint density at radius 3 is 2.73 bits per heavy atom. The highest BCUT2D eigenvalue weighted by molar-refractivity contribution is 6.32. The van der Waals surface area contributed by atoms with Crippen LogP contribution >= 0.6 is 11.6 Å². The van der Waals surface area contributed by atoms with Gasteiger partial charge in [-0.15, -0.1) is 0 Å². The number of nitrogens with one attached hydrogen (secondary N) is 1. The Kier molecular flexibility index (Phi) is 4.76. The fourth-order valence-electron chi connectivity index (χ4n) is 3.53. The number of aromatic nitrogens is 2. The number of hydrogen-bond donors (Lipinski definition) is 1. The first-order chi connectivity index (χ1) is 12.7. The van der Waals surface area contributed by atoms with Gasteiger partial charge >= 0.3 is 0 Å². The Hall–Kier alpha value is -2.59. The molecule has 132 valence electrons. The van der Waals surface area contributed by atoms with E-state index in [0.29, 0.717) is 12.2 Å². The maximum Gasteiger partial charge on any atom is 0.287 e. The maximum absolute atomic E-state index is 12.6. The standard InChI is InChI=1S/C21H20ClN3O/c22-20-19(24-18-12-6-10-16-9-4-5-11-17(16)18)13-23-25(21(20)26)14-15-7-2-1-3-8-15/h1-5,7-9,11,13,18,24H,6,10,12,14H2. The summed E-state index contributed by atoms with van der Waals surface area (Å²) in [6.45, 7) is 0.409. The number of fused-ring (bicyclic) bond motifs is 1. The van der Waals surface area contributed by atoms with Gasteiger partial charge in [-0.25, -0.2) is 4.68 Å². The summed E-state index contributed by atoms with van der Waals surface area (Å²) in [6.07, 6.45) is 4.88. The molecule has 1 aliphatic carbocycles. The fourth-order valence-corrected chi connectivity index (χ4v) is 3.73. The molecule has 1 atom stereocenters. The number of rotatable bonds is 4. The van der Waals surface area contributed by atoms with Crippen LogP contribution in [0.5, 0.6) is 0 Å². The van der Waals surface area contributed by atoms with Crippen LogP contribution in [0.3, 0.4) is 0 Å². The van der Waals surface area contributed by atoms with Gasteiger partial charge in [0.05, 0.1) is 24.5 Å². The third-order valence-electron chi connectivity index (χ3n) is 4.86. The molecular formula is C21H20ClN3O. The van der Waals surface area contributed by atoms with E-state index < -0.39 is 0 Å². The Morgan fingerprint density at radius 1 is 1.12 bits per heavy atom. The molecule has 0 spiro atoms. The summed E-state index contributed by atoms with van der Waals surface area (Å²) < 4.78 is 1.40. The van der Waals surface area contributed by atoms with Gasteiger partial charge in [0.25, 0.3) is 5.56 Å². The van der Waals surface area contributed by atoms with Gasteiger partial charge in [-0.2, -0.15) is 5.10 Å². The monoisotopic (exact) mass is 365 g/mol. The van der Waals surface area contributed by atoms with Crippen LogP contribution in [-0.2, 0) is 13.0 Å². The predicted molar refractivity (Wildman–Crippen MR) is 105 cm³/mol. The summed E-state index contributed by atoms with van der Waals surface area (Å²) in [5.74, 6) is 0. The van der Waals surface area contributed by atoms with Crippen molar-refractivity contribution in [3.8, 4) is 0 Å². The van der Waals surface area contributed by atoms with E-state index in [-0.39, 0.29) is 16.6 Å². The zero-order valence-electron chi connectivity index (χ0n) is 14.4. The van der Waals surface area contributed by atoms with Gasteiger partial charge in [-0.05, 0) is 36.0 Å². The van der Waals surface area contributed by atoms with Crippen LogP contribution in [0.2, 0.25) is 5.02 Å². The molecule has 5 heteroatoms. The second kappa shape index (κ2) is 7.34. The van der Waals surface area contributed by atoms with Crippen molar-refractivity contribution in [2.24, 2.45) is 0 Å². The number of halogens is 1. The Bertz CT molecular complexity index is 968. The first-order valence-corrected chi connectivity index (χ1v) is 9.24. The van der Waals surface area contributed by atoms with E-state index in [2.05, 4.69) is 34.7 Å². The Labute approximate surface area is 157 Å². The zero-order chi connectivity index (χ0) is 17.9. The predicted octanol–water partition coefficient (Wildman–Crippen LogP) is 4.43. The van der Waals surface area contributed by atoms with Gasteiger partial charge in [-0.1, -0.05) is 66.2 Å². The largest absolute Gasteiger partial charge is 0.376 e. The lowest BCUT2D eigenvalue weighted by molar-refractivity contribution is 0.596. The highest BCUT2D eigenvalue weighted by atomic mass is 35.5. The molecule has 0 radical (unpaired) electrons. The van der Waals surface area contributed by atoms with E-state index in [9.17, 15) is 4.79 Å². The van der Waals surface area contributed by atoms with Crippen molar-refractivity contribution < 1.29 is 0 Å². The molecule has 0 aliphatic heterocycles. The topological polar surface area (TPSA) is 46.9 Å². The van der Waals surface area contributed by atoms with Crippen molar-refractivity contribution >= 4 is 17.3 Å². The van der Waals surface area contributed by atoms with Crippen LogP contribution in [0.25, 0.3) is 0 Å². The van der Waals surface area contributed by atoms with Crippen molar-refractivity contribution in [3.63, 3.8) is 0 Å². The third kappa shape index (κ3) is 3.37. The molecule has 1 aromatic heterocycles. The lowest BCUT2D eigenvalue weighted by Gasteiger charge is -2.27. The highest BCUT2D eigenvalue weighted by Gasteiger charge is 2.21. The Balaban J connectivity index is 1.59. The molecule has 1 unspecified atom stereocenters. The summed E-state index contributed by atoms with van der Waals surface area (Å²) in [4.78, 5) is 12.6. The summed E-state index contributed by atoms with van der Waals surface area (Å²) in [5.41, 5.74) is 3.98. The average Bonchev–Trinajstić information content (AvgIpc) is 2.69. The summed E-state index contributed by atoms with van der Waals surface area (Å²) in [7, 11) is 0.